The molecule has 1 atom stereocenters. The fourth-order valence-corrected chi connectivity index (χ4v) is 1.62. The number of carbonyl (C=O) groups is 2. The Morgan fingerprint density at radius 3 is 2.50 bits per heavy atom. The molecule has 20 heavy (non-hydrogen) atoms. The summed E-state index contributed by atoms with van der Waals surface area (Å²) in [5, 5.41) is 5.41. The highest BCUT2D eigenvalue weighted by molar-refractivity contribution is 5.91. The van der Waals surface area contributed by atoms with Crippen LogP contribution in [0.5, 0.6) is 0 Å². The summed E-state index contributed by atoms with van der Waals surface area (Å²) in [7, 11) is 1.33. The molecule has 1 unspecified atom stereocenters. The van der Waals surface area contributed by atoms with Gasteiger partial charge in [-0.05, 0) is 18.4 Å². The van der Waals surface area contributed by atoms with Gasteiger partial charge in [-0.2, -0.15) is 0 Å². The molecule has 0 aliphatic carbocycles. The lowest BCUT2D eigenvalue weighted by Gasteiger charge is -2.17. The molecule has 1 rings (SSSR count). The zero-order chi connectivity index (χ0) is 15.0. The second-order valence-corrected chi connectivity index (χ2v) is 4.71. The molecule has 1 aromatic heterocycles. The van der Waals surface area contributed by atoms with Gasteiger partial charge in [0.1, 0.15) is 6.04 Å². The van der Waals surface area contributed by atoms with Crippen molar-refractivity contribution in [1.82, 2.24) is 15.3 Å². The van der Waals surface area contributed by atoms with E-state index in [-0.39, 0.29) is 24.4 Å². The normalized spacial score (nSPS) is 12.0. The van der Waals surface area contributed by atoms with Crippen LogP contribution in [-0.4, -0.2) is 41.5 Å². The standard InChI is InChI=1S/C13H20N4O3/c1-9(2)7-10(12(19)20-3)16-8-11(18)17-13-14-5-4-6-15-13/h4-6,9-10,16H,7-8H2,1-3H3,(H,14,15,17,18). The molecule has 1 heterocycles. The van der Waals surface area contributed by atoms with E-state index in [1.165, 1.54) is 19.5 Å². The summed E-state index contributed by atoms with van der Waals surface area (Å²) in [6.45, 7) is 3.98. The van der Waals surface area contributed by atoms with Crippen molar-refractivity contribution in [3.05, 3.63) is 18.5 Å². The van der Waals surface area contributed by atoms with E-state index < -0.39 is 6.04 Å². The minimum Gasteiger partial charge on any atom is -0.468 e. The summed E-state index contributed by atoms with van der Waals surface area (Å²) >= 11 is 0. The average Bonchev–Trinajstić information content (AvgIpc) is 2.43. The predicted octanol–water partition coefficient (Wildman–Crippen LogP) is 0.592. The number of hydrogen-bond donors (Lipinski definition) is 2. The van der Waals surface area contributed by atoms with Crippen LogP contribution in [-0.2, 0) is 14.3 Å². The summed E-state index contributed by atoms with van der Waals surface area (Å²) in [5.41, 5.74) is 0. The van der Waals surface area contributed by atoms with Gasteiger partial charge in [0.15, 0.2) is 0 Å². The molecule has 0 saturated carbocycles. The molecule has 1 aromatic rings. The maximum atomic E-state index is 11.7. The first-order valence-electron chi connectivity index (χ1n) is 6.41. The molecule has 0 radical (unpaired) electrons. The fourth-order valence-electron chi connectivity index (χ4n) is 1.62. The SMILES string of the molecule is COC(=O)C(CC(C)C)NCC(=O)Nc1ncccn1. The van der Waals surface area contributed by atoms with Crippen LogP contribution in [0.1, 0.15) is 20.3 Å². The fraction of sp³-hybridized carbons (Fsp3) is 0.538. The molecule has 0 aliphatic rings. The van der Waals surface area contributed by atoms with E-state index >= 15 is 0 Å². The van der Waals surface area contributed by atoms with Crippen LogP contribution in [0.3, 0.4) is 0 Å². The van der Waals surface area contributed by atoms with E-state index in [1.54, 1.807) is 6.07 Å². The van der Waals surface area contributed by atoms with Gasteiger partial charge in [-0.1, -0.05) is 13.8 Å². The van der Waals surface area contributed by atoms with Crippen molar-refractivity contribution in [3.63, 3.8) is 0 Å². The first kappa shape index (κ1) is 16.0. The maximum absolute atomic E-state index is 11.7. The van der Waals surface area contributed by atoms with Crippen molar-refractivity contribution in [3.8, 4) is 0 Å². The minimum atomic E-state index is -0.498. The number of amides is 1. The molecule has 7 nitrogen and oxygen atoms in total. The number of methoxy groups -OCH3 is 1. The van der Waals surface area contributed by atoms with Crippen molar-refractivity contribution in [2.24, 2.45) is 5.92 Å². The van der Waals surface area contributed by atoms with Crippen LogP contribution in [0.4, 0.5) is 5.95 Å². The largest absolute Gasteiger partial charge is 0.468 e. The minimum absolute atomic E-state index is 0.00919. The molecular weight excluding hydrogens is 260 g/mol. The molecular formula is C13H20N4O3. The first-order chi connectivity index (χ1) is 9.52. The van der Waals surface area contributed by atoms with Crippen LogP contribution >= 0.6 is 0 Å². The van der Waals surface area contributed by atoms with Crippen LogP contribution in [0.2, 0.25) is 0 Å². The number of nitrogens with one attached hydrogen (secondary N) is 2. The van der Waals surface area contributed by atoms with Gasteiger partial charge < -0.3 is 4.74 Å². The van der Waals surface area contributed by atoms with E-state index in [2.05, 4.69) is 20.6 Å². The highest BCUT2D eigenvalue weighted by Crippen LogP contribution is 2.06. The number of anilines is 1. The molecule has 0 bridgehead atoms. The number of carbonyl (C=O) groups excluding carboxylic acids is 2. The van der Waals surface area contributed by atoms with Crippen LogP contribution in [0.15, 0.2) is 18.5 Å². The van der Waals surface area contributed by atoms with Crippen LogP contribution in [0.25, 0.3) is 0 Å². The lowest BCUT2D eigenvalue weighted by molar-refractivity contribution is -0.143. The number of rotatable bonds is 7. The first-order valence-corrected chi connectivity index (χ1v) is 6.41. The molecule has 7 heteroatoms. The number of hydrogen-bond acceptors (Lipinski definition) is 6. The second kappa shape index (κ2) is 8.21. The zero-order valence-electron chi connectivity index (χ0n) is 11.9. The van der Waals surface area contributed by atoms with Crippen molar-refractivity contribution in [1.29, 1.82) is 0 Å². The Morgan fingerprint density at radius 1 is 1.30 bits per heavy atom. The number of nitrogens with zero attached hydrogens (tertiary/aromatic N) is 2. The summed E-state index contributed by atoms with van der Waals surface area (Å²) in [4.78, 5) is 31.1. The topological polar surface area (TPSA) is 93.2 Å². The van der Waals surface area contributed by atoms with Crippen molar-refractivity contribution in [2.45, 2.75) is 26.3 Å². The van der Waals surface area contributed by atoms with E-state index in [9.17, 15) is 9.59 Å². The third kappa shape index (κ3) is 5.75. The van der Waals surface area contributed by atoms with Gasteiger partial charge in [0, 0.05) is 12.4 Å². The van der Waals surface area contributed by atoms with E-state index in [0.717, 1.165) is 0 Å². The van der Waals surface area contributed by atoms with Crippen molar-refractivity contribution < 1.29 is 14.3 Å². The van der Waals surface area contributed by atoms with Crippen molar-refractivity contribution in [2.75, 3.05) is 19.0 Å². The Balaban J connectivity index is 2.46. The molecule has 0 spiro atoms. The lowest BCUT2D eigenvalue weighted by Crippen LogP contribution is -2.42. The molecule has 1 amide bonds. The average molecular weight is 280 g/mol. The Bertz CT molecular complexity index is 437. The highest BCUT2D eigenvalue weighted by atomic mass is 16.5. The van der Waals surface area contributed by atoms with E-state index in [4.69, 9.17) is 4.74 Å². The predicted molar refractivity (Wildman–Crippen MR) is 73.9 cm³/mol. The number of ether oxygens (including phenoxy) is 1. The maximum Gasteiger partial charge on any atom is 0.322 e. The van der Waals surface area contributed by atoms with Crippen LogP contribution in [0, 0.1) is 5.92 Å². The van der Waals surface area contributed by atoms with Crippen molar-refractivity contribution >= 4 is 17.8 Å². The highest BCUT2D eigenvalue weighted by Gasteiger charge is 2.20. The summed E-state index contributed by atoms with van der Waals surface area (Å²) in [5.74, 6) is -0.138. The lowest BCUT2D eigenvalue weighted by atomic mass is 10.0. The Labute approximate surface area is 118 Å². The molecule has 0 saturated heterocycles. The third-order valence-corrected chi connectivity index (χ3v) is 2.52. The van der Waals surface area contributed by atoms with Gasteiger partial charge in [-0.15, -0.1) is 0 Å². The smallest absolute Gasteiger partial charge is 0.322 e. The number of esters is 1. The van der Waals surface area contributed by atoms with Gasteiger partial charge in [0.05, 0.1) is 13.7 Å². The Morgan fingerprint density at radius 2 is 1.95 bits per heavy atom. The molecule has 2 N–H and O–H groups in total. The molecule has 0 aromatic carbocycles. The van der Waals surface area contributed by atoms with Crippen LogP contribution < -0.4 is 10.6 Å². The molecule has 0 fully saturated rings. The van der Waals surface area contributed by atoms with E-state index in [1.807, 2.05) is 13.8 Å². The number of aromatic nitrogens is 2. The zero-order valence-corrected chi connectivity index (χ0v) is 11.9. The Kier molecular flexibility index (Phi) is 6.58. The van der Waals surface area contributed by atoms with Gasteiger partial charge in [0.2, 0.25) is 11.9 Å². The second-order valence-electron chi connectivity index (χ2n) is 4.71. The molecule has 0 aliphatic heterocycles. The Hall–Kier alpha value is -2.02. The van der Waals surface area contributed by atoms with Gasteiger partial charge in [-0.25, -0.2) is 9.97 Å². The quantitative estimate of drug-likeness (QED) is 0.710. The van der Waals surface area contributed by atoms with Gasteiger partial charge >= 0.3 is 5.97 Å². The monoisotopic (exact) mass is 280 g/mol. The van der Waals surface area contributed by atoms with Gasteiger partial charge in [0.25, 0.3) is 0 Å². The van der Waals surface area contributed by atoms with Gasteiger partial charge in [-0.3, -0.25) is 20.2 Å². The third-order valence-electron chi connectivity index (χ3n) is 2.52. The summed E-state index contributed by atoms with van der Waals surface area (Å²) in [6, 6.07) is 1.16. The summed E-state index contributed by atoms with van der Waals surface area (Å²) < 4.78 is 4.71. The summed E-state index contributed by atoms with van der Waals surface area (Å²) in [6.07, 6.45) is 3.67. The molecule has 110 valence electrons. The van der Waals surface area contributed by atoms with E-state index in [0.29, 0.717) is 12.3 Å².